The number of nitrogens with zero attached hydrogens (tertiary/aromatic N) is 1. The second-order valence-electron chi connectivity index (χ2n) is 5.95. The van der Waals surface area contributed by atoms with E-state index in [1.807, 2.05) is 36.4 Å². The lowest BCUT2D eigenvalue weighted by Gasteiger charge is -2.11. The summed E-state index contributed by atoms with van der Waals surface area (Å²) >= 11 is 0. The molecule has 1 amide bonds. The molecule has 2 N–H and O–H groups in total. The number of phenols is 1. The number of ether oxygens (including phenoxy) is 2. The Labute approximate surface area is 164 Å². The summed E-state index contributed by atoms with van der Waals surface area (Å²) in [5, 5.41) is 21.8. The van der Waals surface area contributed by atoms with Crippen molar-refractivity contribution in [1.29, 1.82) is 5.26 Å². The molecule has 1 unspecified atom stereocenters. The van der Waals surface area contributed by atoms with Gasteiger partial charge in [-0.05, 0) is 36.3 Å². The van der Waals surface area contributed by atoms with E-state index in [1.54, 1.807) is 31.2 Å². The van der Waals surface area contributed by atoms with Crippen LogP contribution in [0.4, 0.5) is 0 Å². The Bertz CT molecular complexity index is 902. The first kappa shape index (κ1) is 20.6. The number of benzene rings is 2. The highest BCUT2D eigenvalue weighted by molar-refractivity contribution is 5.85. The Morgan fingerprint density at radius 3 is 2.32 bits per heavy atom. The first-order valence-corrected chi connectivity index (χ1v) is 8.59. The molecule has 0 saturated heterocycles. The van der Waals surface area contributed by atoms with Gasteiger partial charge in [0.1, 0.15) is 11.8 Å². The zero-order chi connectivity index (χ0) is 20.5. The summed E-state index contributed by atoms with van der Waals surface area (Å²) in [7, 11) is 2.89. The fourth-order valence-electron chi connectivity index (χ4n) is 2.51. The van der Waals surface area contributed by atoms with Crippen LogP contribution in [0.3, 0.4) is 0 Å². The monoisotopic (exact) mass is 378 g/mol. The highest BCUT2D eigenvalue weighted by atomic mass is 16.5. The van der Waals surface area contributed by atoms with Gasteiger partial charge < -0.3 is 19.9 Å². The van der Waals surface area contributed by atoms with E-state index in [2.05, 4.69) is 5.32 Å². The molecule has 0 bridgehead atoms. The molecule has 2 rings (SSSR count). The van der Waals surface area contributed by atoms with E-state index >= 15 is 0 Å². The molecule has 6 heteroatoms. The minimum Gasteiger partial charge on any atom is -0.502 e. The Morgan fingerprint density at radius 1 is 1.18 bits per heavy atom. The quantitative estimate of drug-likeness (QED) is 0.565. The predicted octanol–water partition coefficient (Wildman–Crippen LogP) is 3.75. The number of carbonyl (C=O) groups is 1. The summed E-state index contributed by atoms with van der Waals surface area (Å²) in [6.45, 7) is 1.78. The Kier molecular flexibility index (Phi) is 7.23. The van der Waals surface area contributed by atoms with Crippen molar-refractivity contribution in [3.8, 4) is 23.3 Å². The normalized spacial score (nSPS) is 12.3. The van der Waals surface area contributed by atoms with Gasteiger partial charge in [-0.3, -0.25) is 4.79 Å². The fraction of sp³-hybridized carbons (Fsp3) is 0.182. The van der Waals surface area contributed by atoms with Crippen molar-refractivity contribution in [1.82, 2.24) is 5.32 Å². The highest BCUT2D eigenvalue weighted by Gasteiger charge is 2.15. The number of hydrogen-bond donors (Lipinski definition) is 2. The largest absolute Gasteiger partial charge is 0.502 e. The minimum absolute atomic E-state index is 0.0856. The van der Waals surface area contributed by atoms with E-state index in [0.29, 0.717) is 5.56 Å². The average molecular weight is 378 g/mol. The van der Waals surface area contributed by atoms with Crippen LogP contribution in [-0.4, -0.2) is 25.2 Å². The molecule has 0 aromatic heterocycles. The molecule has 2 aromatic rings. The van der Waals surface area contributed by atoms with Crippen molar-refractivity contribution in [2.75, 3.05) is 14.2 Å². The van der Waals surface area contributed by atoms with Gasteiger partial charge in [0.25, 0.3) is 0 Å². The third kappa shape index (κ3) is 5.15. The fourth-order valence-corrected chi connectivity index (χ4v) is 2.51. The Balaban J connectivity index is 2.13. The summed E-state index contributed by atoms with van der Waals surface area (Å²) in [6, 6.07) is 14.6. The van der Waals surface area contributed by atoms with Gasteiger partial charge in [-0.15, -0.1) is 0 Å². The van der Waals surface area contributed by atoms with Crippen LogP contribution in [0.1, 0.15) is 24.0 Å². The van der Waals surface area contributed by atoms with E-state index in [9.17, 15) is 15.2 Å². The lowest BCUT2D eigenvalue weighted by atomic mass is 10.0. The molecule has 0 radical (unpaired) electrons. The zero-order valence-corrected chi connectivity index (χ0v) is 16.0. The molecule has 2 aromatic carbocycles. The molecular weight excluding hydrogens is 356 g/mol. The van der Waals surface area contributed by atoms with Crippen molar-refractivity contribution in [2.45, 2.75) is 12.8 Å². The molecule has 144 valence electrons. The third-order valence-corrected chi connectivity index (χ3v) is 4.12. The maximum Gasteiger partial charge on any atom is 0.232 e. The number of aromatic hydroxyl groups is 1. The van der Waals surface area contributed by atoms with E-state index < -0.39 is 0 Å². The van der Waals surface area contributed by atoms with Crippen LogP contribution in [0, 0.1) is 11.3 Å². The molecular formula is C22H22N2O4. The van der Waals surface area contributed by atoms with E-state index in [-0.39, 0.29) is 34.8 Å². The first-order valence-electron chi connectivity index (χ1n) is 8.59. The van der Waals surface area contributed by atoms with Gasteiger partial charge in [0.15, 0.2) is 11.5 Å². The molecule has 0 aliphatic heterocycles. The van der Waals surface area contributed by atoms with Gasteiger partial charge in [-0.1, -0.05) is 42.5 Å². The van der Waals surface area contributed by atoms with Crippen LogP contribution in [-0.2, 0) is 4.79 Å². The molecule has 0 fully saturated rings. The first-order chi connectivity index (χ1) is 13.5. The van der Waals surface area contributed by atoms with Crippen LogP contribution in [0.5, 0.6) is 17.2 Å². The number of carbonyl (C=O) groups excluding carboxylic acids is 1. The number of phenolic OH excluding ortho intramolecular Hbond substituents is 1. The summed E-state index contributed by atoms with van der Waals surface area (Å²) in [6.07, 6.45) is 4.83. The summed E-state index contributed by atoms with van der Waals surface area (Å²) < 4.78 is 10.2. The minimum atomic E-state index is -0.382. The molecule has 1 atom stereocenters. The van der Waals surface area contributed by atoms with Crippen LogP contribution in [0.2, 0.25) is 0 Å². The number of nitrogens with one attached hydrogen (secondary N) is 1. The molecule has 28 heavy (non-hydrogen) atoms. The second kappa shape index (κ2) is 9.83. The van der Waals surface area contributed by atoms with Crippen molar-refractivity contribution in [2.24, 2.45) is 0 Å². The van der Waals surface area contributed by atoms with Gasteiger partial charge in [-0.25, -0.2) is 0 Å². The van der Waals surface area contributed by atoms with Gasteiger partial charge in [-0.2, -0.15) is 5.26 Å². The summed E-state index contributed by atoms with van der Waals surface area (Å²) in [4.78, 5) is 12.4. The standard InChI is InChI=1S/C22H22N2O4/c1-15(17-9-5-4-6-10-17)22(26)24-18(14-23)11-7-8-16-12-19(27-2)21(25)20(13-16)28-3/h4-13,15,25H,1-3H3,(H,24,26). The Morgan fingerprint density at radius 2 is 1.79 bits per heavy atom. The van der Waals surface area contributed by atoms with Crippen LogP contribution < -0.4 is 14.8 Å². The number of allylic oxidation sites excluding steroid dienone is 3. The van der Waals surface area contributed by atoms with E-state index in [0.717, 1.165) is 5.56 Å². The lowest BCUT2D eigenvalue weighted by molar-refractivity contribution is -0.121. The summed E-state index contributed by atoms with van der Waals surface area (Å²) in [5.74, 6) is -0.188. The topological polar surface area (TPSA) is 91.6 Å². The number of amides is 1. The third-order valence-electron chi connectivity index (χ3n) is 4.12. The zero-order valence-electron chi connectivity index (χ0n) is 16.0. The number of nitriles is 1. The number of methoxy groups -OCH3 is 2. The van der Waals surface area contributed by atoms with Crippen LogP contribution >= 0.6 is 0 Å². The van der Waals surface area contributed by atoms with Crippen molar-refractivity contribution in [3.05, 3.63) is 71.4 Å². The van der Waals surface area contributed by atoms with Crippen LogP contribution in [0.15, 0.2) is 60.3 Å². The smallest absolute Gasteiger partial charge is 0.232 e. The Hall–Kier alpha value is -3.72. The molecule has 0 heterocycles. The number of rotatable bonds is 7. The van der Waals surface area contributed by atoms with Gasteiger partial charge in [0.05, 0.1) is 20.1 Å². The average Bonchev–Trinajstić information content (AvgIpc) is 2.73. The SMILES string of the molecule is COc1cc(C=CC=C(C#N)NC(=O)C(C)c2ccccc2)cc(OC)c1O. The summed E-state index contributed by atoms with van der Waals surface area (Å²) in [5.41, 5.74) is 1.70. The predicted molar refractivity (Wildman–Crippen MR) is 107 cm³/mol. The van der Waals surface area contributed by atoms with Gasteiger partial charge in [0.2, 0.25) is 11.7 Å². The lowest BCUT2D eigenvalue weighted by Crippen LogP contribution is -2.26. The second-order valence-corrected chi connectivity index (χ2v) is 5.95. The molecule has 0 spiro atoms. The van der Waals surface area contributed by atoms with E-state index in [1.165, 1.54) is 20.3 Å². The maximum absolute atomic E-state index is 12.4. The molecule has 0 aliphatic carbocycles. The van der Waals surface area contributed by atoms with Crippen molar-refractivity contribution in [3.63, 3.8) is 0 Å². The highest BCUT2D eigenvalue weighted by Crippen LogP contribution is 2.37. The maximum atomic E-state index is 12.4. The van der Waals surface area contributed by atoms with Gasteiger partial charge >= 0.3 is 0 Å². The van der Waals surface area contributed by atoms with Crippen molar-refractivity contribution >= 4 is 12.0 Å². The van der Waals surface area contributed by atoms with Crippen LogP contribution in [0.25, 0.3) is 6.08 Å². The van der Waals surface area contributed by atoms with E-state index in [4.69, 9.17) is 9.47 Å². The molecule has 0 saturated carbocycles. The molecule has 6 nitrogen and oxygen atoms in total. The number of hydrogen-bond acceptors (Lipinski definition) is 5. The van der Waals surface area contributed by atoms with Gasteiger partial charge in [0, 0.05) is 0 Å². The molecule has 0 aliphatic rings. The van der Waals surface area contributed by atoms with Crippen molar-refractivity contribution < 1.29 is 19.4 Å².